The van der Waals surface area contributed by atoms with Gasteiger partial charge in [-0.3, -0.25) is 9.89 Å². The molecule has 1 saturated carbocycles. The van der Waals surface area contributed by atoms with E-state index in [0.29, 0.717) is 24.2 Å². The van der Waals surface area contributed by atoms with E-state index < -0.39 is 5.54 Å². The molecule has 1 fully saturated rings. The fraction of sp³-hybridized carbons (Fsp3) is 0.294. The van der Waals surface area contributed by atoms with E-state index in [1.54, 1.807) is 0 Å². The Morgan fingerprint density at radius 1 is 1.33 bits per heavy atom. The van der Waals surface area contributed by atoms with Gasteiger partial charge in [0.2, 0.25) is 0 Å². The summed E-state index contributed by atoms with van der Waals surface area (Å²) < 4.78 is 0. The maximum Gasteiger partial charge on any atom is 0.257 e. The van der Waals surface area contributed by atoms with E-state index >= 15 is 0 Å². The van der Waals surface area contributed by atoms with E-state index in [2.05, 4.69) is 33.0 Å². The number of aromatic amines is 1. The fourth-order valence-electron chi connectivity index (χ4n) is 2.94. The summed E-state index contributed by atoms with van der Waals surface area (Å²) in [5.41, 5.74) is 0.584. The Labute approximate surface area is 139 Å². The highest BCUT2D eigenvalue weighted by Crippen LogP contribution is 2.40. The molecule has 0 atom stereocenters. The smallest absolute Gasteiger partial charge is 0.257 e. The molecule has 0 spiro atoms. The minimum Gasteiger partial charge on any atom is -0.345 e. The maximum absolute atomic E-state index is 12.6. The molecule has 2 aromatic rings. The molecule has 7 nitrogen and oxygen atoms in total. The van der Waals surface area contributed by atoms with Crippen LogP contribution in [0.4, 0.5) is 11.5 Å². The van der Waals surface area contributed by atoms with Gasteiger partial charge in [-0.2, -0.15) is 15.6 Å². The van der Waals surface area contributed by atoms with Gasteiger partial charge in [0.15, 0.2) is 0 Å². The predicted molar refractivity (Wildman–Crippen MR) is 87.1 cm³/mol. The van der Waals surface area contributed by atoms with Crippen LogP contribution in [0.1, 0.15) is 29.6 Å². The topological polar surface area (TPSA) is 117 Å². The summed E-state index contributed by atoms with van der Waals surface area (Å²) in [6.07, 6.45) is 2.64. The van der Waals surface area contributed by atoms with Gasteiger partial charge in [-0.1, -0.05) is 18.2 Å². The van der Waals surface area contributed by atoms with Gasteiger partial charge in [0.25, 0.3) is 5.91 Å². The molecular weight excluding hydrogens is 304 g/mol. The Bertz CT molecular complexity index is 808. The third-order valence-corrected chi connectivity index (χ3v) is 4.18. The third-order valence-electron chi connectivity index (χ3n) is 4.18. The van der Waals surface area contributed by atoms with Gasteiger partial charge in [-0.05, 0) is 25.0 Å². The first-order chi connectivity index (χ1) is 11.7. The van der Waals surface area contributed by atoms with Crippen molar-refractivity contribution in [2.75, 3.05) is 5.32 Å². The molecule has 0 aliphatic heterocycles. The number of carbonyl (C=O) groups is 1. The second kappa shape index (κ2) is 6.43. The zero-order valence-electron chi connectivity index (χ0n) is 12.9. The molecule has 1 aromatic carbocycles. The number of H-pyrrole nitrogens is 1. The summed E-state index contributed by atoms with van der Waals surface area (Å²) in [6, 6.07) is 13.7. The SMILES string of the molecule is N#CCC1(NC(=O)c2cn[nH]c2Nc2ccccc2)CC(C#N)C1. The number of anilines is 2. The van der Waals surface area contributed by atoms with Gasteiger partial charge in [0.05, 0.1) is 36.2 Å². The lowest BCUT2D eigenvalue weighted by Crippen LogP contribution is -2.56. The van der Waals surface area contributed by atoms with E-state index in [4.69, 9.17) is 10.5 Å². The number of hydrogen-bond donors (Lipinski definition) is 3. The standard InChI is InChI=1S/C17H16N6O/c18-7-6-17(8-12(9-17)10-19)22-16(24)14-11-20-23-15(14)21-13-4-2-1-3-5-13/h1-5,11-12H,6,8-9H2,(H,22,24)(H2,20,21,23). The van der Waals surface area contributed by atoms with E-state index in [0.717, 1.165) is 5.69 Å². The first kappa shape index (κ1) is 15.6. The number of nitrogens with one attached hydrogen (secondary N) is 3. The van der Waals surface area contributed by atoms with E-state index in [1.165, 1.54) is 6.20 Å². The van der Waals surface area contributed by atoms with Crippen LogP contribution in [-0.2, 0) is 0 Å². The Morgan fingerprint density at radius 2 is 2.08 bits per heavy atom. The molecule has 0 unspecified atom stereocenters. The highest BCUT2D eigenvalue weighted by molar-refractivity contribution is 5.99. The van der Waals surface area contributed by atoms with Crippen LogP contribution >= 0.6 is 0 Å². The van der Waals surface area contributed by atoms with Crippen molar-refractivity contribution in [2.45, 2.75) is 24.8 Å². The number of nitriles is 2. The molecular formula is C17H16N6O. The van der Waals surface area contributed by atoms with Crippen LogP contribution in [-0.4, -0.2) is 21.6 Å². The molecule has 1 aromatic heterocycles. The monoisotopic (exact) mass is 320 g/mol. The van der Waals surface area contributed by atoms with E-state index in [1.807, 2.05) is 30.3 Å². The lowest BCUT2D eigenvalue weighted by atomic mass is 9.67. The molecule has 3 rings (SSSR count). The van der Waals surface area contributed by atoms with Crippen LogP contribution in [0.15, 0.2) is 36.5 Å². The lowest BCUT2D eigenvalue weighted by Gasteiger charge is -2.44. The van der Waals surface area contributed by atoms with E-state index in [-0.39, 0.29) is 18.2 Å². The quantitative estimate of drug-likeness (QED) is 0.782. The average Bonchev–Trinajstić information content (AvgIpc) is 3.01. The van der Waals surface area contributed by atoms with Crippen molar-refractivity contribution in [3.05, 3.63) is 42.1 Å². The molecule has 120 valence electrons. The number of nitrogens with zero attached hydrogens (tertiary/aromatic N) is 3. The van der Waals surface area contributed by atoms with Crippen LogP contribution in [0.2, 0.25) is 0 Å². The minimum atomic E-state index is -0.618. The number of carbonyl (C=O) groups excluding carboxylic acids is 1. The van der Waals surface area contributed by atoms with Crippen LogP contribution in [0.5, 0.6) is 0 Å². The summed E-state index contributed by atoms with van der Waals surface area (Å²) in [7, 11) is 0. The molecule has 1 heterocycles. The largest absolute Gasteiger partial charge is 0.345 e. The zero-order chi connectivity index (χ0) is 17.0. The number of benzene rings is 1. The van der Waals surface area contributed by atoms with Crippen molar-refractivity contribution in [3.63, 3.8) is 0 Å². The number of rotatable bonds is 5. The summed E-state index contributed by atoms with van der Waals surface area (Å²) in [4.78, 5) is 12.6. The number of aromatic nitrogens is 2. The first-order valence-corrected chi connectivity index (χ1v) is 7.60. The van der Waals surface area contributed by atoms with Crippen molar-refractivity contribution in [1.82, 2.24) is 15.5 Å². The number of hydrogen-bond acceptors (Lipinski definition) is 5. The molecule has 1 amide bonds. The maximum atomic E-state index is 12.6. The highest BCUT2D eigenvalue weighted by Gasteiger charge is 2.45. The van der Waals surface area contributed by atoms with Gasteiger partial charge in [-0.15, -0.1) is 0 Å². The summed E-state index contributed by atoms with van der Waals surface area (Å²) in [6.45, 7) is 0. The van der Waals surface area contributed by atoms with Gasteiger partial charge in [0, 0.05) is 5.69 Å². The average molecular weight is 320 g/mol. The van der Waals surface area contributed by atoms with E-state index in [9.17, 15) is 4.79 Å². The lowest BCUT2D eigenvalue weighted by molar-refractivity contribution is 0.0779. The van der Waals surface area contributed by atoms with Crippen molar-refractivity contribution < 1.29 is 4.79 Å². The molecule has 0 radical (unpaired) electrons. The first-order valence-electron chi connectivity index (χ1n) is 7.60. The Hall–Kier alpha value is -3.32. The second-order valence-corrected chi connectivity index (χ2v) is 5.95. The van der Waals surface area contributed by atoms with Crippen molar-refractivity contribution in [3.8, 4) is 12.1 Å². The molecule has 1 aliphatic carbocycles. The van der Waals surface area contributed by atoms with Gasteiger partial charge >= 0.3 is 0 Å². The summed E-state index contributed by atoms with van der Waals surface area (Å²) >= 11 is 0. The van der Waals surface area contributed by atoms with Crippen LogP contribution in [0, 0.1) is 28.6 Å². The third kappa shape index (κ3) is 3.06. The Balaban J connectivity index is 1.73. The van der Waals surface area contributed by atoms with Crippen LogP contribution in [0.25, 0.3) is 0 Å². The fourth-order valence-corrected chi connectivity index (χ4v) is 2.94. The Kier molecular flexibility index (Phi) is 4.17. The van der Waals surface area contributed by atoms with Crippen LogP contribution < -0.4 is 10.6 Å². The highest BCUT2D eigenvalue weighted by atomic mass is 16.1. The van der Waals surface area contributed by atoms with Gasteiger partial charge in [0.1, 0.15) is 11.4 Å². The second-order valence-electron chi connectivity index (χ2n) is 5.95. The van der Waals surface area contributed by atoms with Crippen molar-refractivity contribution >= 4 is 17.4 Å². The molecule has 1 aliphatic rings. The Morgan fingerprint density at radius 3 is 2.75 bits per heavy atom. The van der Waals surface area contributed by atoms with Crippen molar-refractivity contribution in [2.24, 2.45) is 5.92 Å². The molecule has 3 N–H and O–H groups in total. The zero-order valence-corrected chi connectivity index (χ0v) is 12.9. The molecule has 24 heavy (non-hydrogen) atoms. The van der Waals surface area contributed by atoms with Crippen LogP contribution in [0.3, 0.4) is 0 Å². The van der Waals surface area contributed by atoms with Gasteiger partial charge in [-0.25, -0.2) is 0 Å². The molecule has 0 bridgehead atoms. The minimum absolute atomic E-state index is 0.107. The molecule has 7 heteroatoms. The normalized spacial score (nSPS) is 21.8. The number of amides is 1. The van der Waals surface area contributed by atoms with Crippen molar-refractivity contribution in [1.29, 1.82) is 10.5 Å². The predicted octanol–water partition coefficient (Wildman–Crippen LogP) is 2.47. The molecule has 0 saturated heterocycles. The summed E-state index contributed by atoms with van der Waals surface area (Å²) in [5.74, 6) is 0.0701. The summed E-state index contributed by atoms with van der Waals surface area (Å²) in [5, 5.41) is 30.7. The number of para-hydroxylation sites is 1. The van der Waals surface area contributed by atoms with Gasteiger partial charge < -0.3 is 10.6 Å².